The van der Waals surface area contributed by atoms with Crippen LogP contribution in [0.25, 0.3) is 0 Å². The fraction of sp³-hybridized carbons (Fsp3) is 0.900. The topological polar surface area (TPSA) is 69.8 Å². The maximum absolute atomic E-state index is 11.1. The molecule has 1 saturated heterocycles. The second-order valence-electron chi connectivity index (χ2n) is 4.80. The Labute approximate surface area is 90.8 Å². The van der Waals surface area contributed by atoms with Crippen LogP contribution in [0.4, 0.5) is 4.79 Å². The molecule has 0 radical (unpaired) electrons. The normalized spacial score (nSPS) is 32.7. The molecule has 0 aromatic carbocycles. The summed E-state index contributed by atoms with van der Waals surface area (Å²) in [6, 6.07) is -0.402. The highest BCUT2D eigenvalue weighted by atomic mass is 16.3. The lowest BCUT2D eigenvalue weighted by atomic mass is 9.77. The molecule has 0 aliphatic carbocycles. The van der Waals surface area contributed by atoms with E-state index in [1.165, 1.54) is 0 Å². The van der Waals surface area contributed by atoms with Gasteiger partial charge in [-0.2, -0.15) is 0 Å². The van der Waals surface area contributed by atoms with Crippen molar-refractivity contribution in [3.63, 3.8) is 0 Å². The van der Waals surface area contributed by atoms with Gasteiger partial charge in [0.15, 0.2) is 0 Å². The van der Waals surface area contributed by atoms with Gasteiger partial charge in [0.1, 0.15) is 0 Å². The number of carbonyl (C=O) groups excluding carboxylic acids is 1. The van der Waals surface area contributed by atoms with Crippen molar-refractivity contribution in [2.75, 3.05) is 33.8 Å². The Kier molecular flexibility index (Phi) is 3.57. The quantitative estimate of drug-likeness (QED) is 0.664. The van der Waals surface area contributed by atoms with Gasteiger partial charge in [-0.25, -0.2) is 4.79 Å². The summed E-state index contributed by atoms with van der Waals surface area (Å²) in [6.07, 6.45) is 0.854. The van der Waals surface area contributed by atoms with Crippen molar-refractivity contribution in [3.8, 4) is 0 Å². The molecule has 0 saturated carbocycles. The number of hydrogen-bond donors (Lipinski definition) is 2. The van der Waals surface area contributed by atoms with Crippen molar-refractivity contribution in [1.29, 1.82) is 0 Å². The van der Waals surface area contributed by atoms with E-state index in [1.807, 2.05) is 14.0 Å². The number of amides is 2. The van der Waals surface area contributed by atoms with Crippen LogP contribution in [-0.4, -0.2) is 60.8 Å². The minimum absolute atomic E-state index is 0.0243. The smallest absolute Gasteiger partial charge is 0.314 e. The molecular weight excluding hydrogens is 194 g/mol. The van der Waals surface area contributed by atoms with Crippen molar-refractivity contribution in [1.82, 2.24) is 9.80 Å². The van der Waals surface area contributed by atoms with Gasteiger partial charge in [-0.05, 0) is 20.0 Å². The van der Waals surface area contributed by atoms with E-state index in [0.717, 1.165) is 19.5 Å². The molecule has 15 heavy (non-hydrogen) atoms. The summed E-state index contributed by atoms with van der Waals surface area (Å²) in [5.74, 6) is 0. The van der Waals surface area contributed by atoms with E-state index in [9.17, 15) is 9.90 Å². The average molecular weight is 215 g/mol. The minimum atomic E-state index is -0.427. The molecular formula is C10H21N3O2. The highest BCUT2D eigenvalue weighted by Crippen LogP contribution is 2.31. The maximum atomic E-state index is 11.1. The molecule has 5 nitrogen and oxygen atoms in total. The molecule has 0 aromatic rings. The monoisotopic (exact) mass is 215 g/mol. The van der Waals surface area contributed by atoms with E-state index in [2.05, 4.69) is 4.90 Å². The third-order valence-electron chi connectivity index (χ3n) is 3.40. The maximum Gasteiger partial charge on any atom is 0.314 e. The van der Waals surface area contributed by atoms with Gasteiger partial charge in [-0.15, -0.1) is 0 Å². The Morgan fingerprint density at radius 1 is 1.73 bits per heavy atom. The van der Waals surface area contributed by atoms with Crippen molar-refractivity contribution < 1.29 is 9.90 Å². The second kappa shape index (κ2) is 4.37. The van der Waals surface area contributed by atoms with E-state index >= 15 is 0 Å². The number of rotatable bonds is 2. The number of urea groups is 1. The first kappa shape index (κ1) is 12.3. The number of aliphatic hydroxyl groups is 1. The lowest BCUT2D eigenvalue weighted by Gasteiger charge is -2.47. The third kappa shape index (κ3) is 2.41. The molecule has 1 rings (SSSR count). The van der Waals surface area contributed by atoms with Crippen molar-refractivity contribution in [2.45, 2.75) is 19.4 Å². The summed E-state index contributed by atoms with van der Waals surface area (Å²) in [5.41, 5.74) is 4.99. The Hall–Kier alpha value is -0.810. The Balaban J connectivity index is 2.82. The molecule has 0 aromatic heterocycles. The van der Waals surface area contributed by atoms with Crippen molar-refractivity contribution in [2.24, 2.45) is 11.1 Å². The molecule has 3 N–H and O–H groups in total. The first-order valence-corrected chi connectivity index (χ1v) is 5.22. The molecule has 5 heteroatoms. The SMILES string of the molecule is CN1CCC(N(C)C(N)=O)C(C)(CO)C1. The Morgan fingerprint density at radius 2 is 2.33 bits per heavy atom. The molecule has 1 aliphatic heterocycles. The number of hydrogen-bond acceptors (Lipinski definition) is 3. The summed E-state index contributed by atoms with van der Waals surface area (Å²) in [5, 5.41) is 9.46. The first-order valence-electron chi connectivity index (χ1n) is 5.22. The number of nitrogens with two attached hydrogens (primary N) is 1. The fourth-order valence-electron chi connectivity index (χ4n) is 2.46. The molecule has 2 unspecified atom stereocenters. The zero-order valence-corrected chi connectivity index (χ0v) is 9.73. The van der Waals surface area contributed by atoms with Crippen LogP contribution < -0.4 is 5.73 Å². The highest BCUT2D eigenvalue weighted by molar-refractivity contribution is 5.72. The summed E-state index contributed by atoms with van der Waals surface area (Å²) in [7, 11) is 3.72. The molecule has 88 valence electrons. The minimum Gasteiger partial charge on any atom is -0.396 e. The fourth-order valence-corrected chi connectivity index (χ4v) is 2.46. The van der Waals surface area contributed by atoms with Crippen LogP contribution in [0.1, 0.15) is 13.3 Å². The number of primary amides is 1. The predicted molar refractivity (Wildman–Crippen MR) is 58.4 cm³/mol. The van der Waals surface area contributed by atoms with Crippen LogP contribution in [-0.2, 0) is 0 Å². The number of piperidine rings is 1. The number of nitrogens with zero attached hydrogens (tertiary/aromatic N) is 2. The van der Waals surface area contributed by atoms with Gasteiger partial charge in [-0.1, -0.05) is 6.92 Å². The van der Waals surface area contributed by atoms with Gasteiger partial charge in [0.25, 0.3) is 0 Å². The third-order valence-corrected chi connectivity index (χ3v) is 3.40. The van der Waals surface area contributed by atoms with Crippen molar-refractivity contribution >= 4 is 6.03 Å². The van der Waals surface area contributed by atoms with E-state index < -0.39 is 6.03 Å². The second-order valence-corrected chi connectivity index (χ2v) is 4.80. The van der Waals surface area contributed by atoms with Gasteiger partial charge in [0.05, 0.1) is 6.61 Å². The number of carbonyl (C=O) groups is 1. The predicted octanol–water partition coefficient (Wildman–Crippen LogP) is -0.300. The van der Waals surface area contributed by atoms with Crippen LogP contribution in [0.2, 0.25) is 0 Å². The number of aliphatic hydroxyl groups excluding tert-OH is 1. The molecule has 1 aliphatic rings. The zero-order chi connectivity index (χ0) is 11.6. The first-order chi connectivity index (χ1) is 6.90. The van der Waals surface area contributed by atoms with Crippen LogP contribution in [0, 0.1) is 5.41 Å². The Morgan fingerprint density at radius 3 is 2.80 bits per heavy atom. The molecule has 2 amide bonds. The van der Waals surface area contributed by atoms with E-state index in [0.29, 0.717) is 0 Å². The van der Waals surface area contributed by atoms with Gasteiger partial charge < -0.3 is 20.6 Å². The molecule has 2 atom stereocenters. The summed E-state index contributed by atoms with van der Waals surface area (Å²) in [6.45, 7) is 3.77. The molecule has 0 bridgehead atoms. The van der Waals surface area contributed by atoms with E-state index in [-0.39, 0.29) is 18.1 Å². The summed E-state index contributed by atoms with van der Waals surface area (Å²) in [4.78, 5) is 14.8. The van der Waals surface area contributed by atoms with E-state index in [4.69, 9.17) is 5.73 Å². The van der Waals surface area contributed by atoms with E-state index in [1.54, 1.807) is 11.9 Å². The Bertz CT molecular complexity index is 247. The summed E-state index contributed by atoms with van der Waals surface area (Å²) < 4.78 is 0. The largest absolute Gasteiger partial charge is 0.396 e. The molecule has 1 fully saturated rings. The zero-order valence-electron chi connectivity index (χ0n) is 9.73. The molecule has 0 spiro atoms. The summed E-state index contributed by atoms with van der Waals surface area (Å²) >= 11 is 0. The average Bonchev–Trinajstić information content (AvgIpc) is 2.17. The van der Waals surface area contributed by atoms with Crippen LogP contribution >= 0.6 is 0 Å². The highest BCUT2D eigenvalue weighted by Gasteiger charge is 2.41. The van der Waals surface area contributed by atoms with Crippen molar-refractivity contribution in [3.05, 3.63) is 0 Å². The lowest BCUT2D eigenvalue weighted by Crippen LogP contribution is -2.58. The van der Waals surface area contributed by atoms with Crippen LogP contribution in [0.15, 0.2) is 0 Å². The molecule has 1 heterocycles. The van der Waals surface area contributed by atoms with Gasteiger partial charge in [-0.3, -0.25) is 0 Å². The number of likely N-dealkylation sites (tertiary alicyclic amines) is 1. The van der Waals surface area contributed by atoms with Gasteiger partial charge >= 0.3 is 6.03 Å². The lowest BCUT2D eigenvalue weighted by molar-refractivity contribution is -0.00680. The standard InChI is InChI=1S/C10H21N3O2/c1-10(7-14)6-12(2)5-4-8(10)13(3)9(11)15/h8,14H,4-7H2,1-3H3,(H2,11,15). The van der Waals surface area contributed by atoms with Crippen LogP contribution in [0.3, 0.4) is 0 Å². The van der Waals surface area contributed by atoms with Gasteiger partial charge in [0.2, 0.25) is 0 Å². The van der Waals surface area contributed by atoms with Gasteiger partial charge in [0, 0.05) is 25.0 Å². The van der Waals surface area contributed by atoms with Crippen LogP contribution in [0.5, 0.6) is 0 Å².